The maximum absolute atomic E-state index is 9.99. The Balaban J connectivity index is 2.41. The minimum absolute atomic E-state index is 0.148. The number of benzene rings is 1. The van der Waals surface area contributed by atoms with E-state index in [2.05, 4.69) is 38.1 Å². The summed E-state index contributed by atoms with van der Waals surface area (Å²) in [5, 5.41) is 9.99. The first-order valence-electron chi connectivity index (χ1n) is 5.46. The third-order valence-electron chi connectivity index (χ3n) is 3.26. The maximum Gasteiger partial charge on any atom is 0.0614 e. The lowest BCUT2D eigenvalue weighted by Crippen LogP contribution is -2.28. The van der Waals surface area contributed by atoms with E-state index in [1.54, 1.807) is 0 Å². The number of hydrogen-bond donors (Lipinski definition) is 1. The van der Waals surface area contributed by atoms with E-state index in [9.17, 15) is 5.11 Å². The Morgan fingerprint density at radius 3 is 2.71 bits per heavy atom. The molecule has 0 unspecified atom stereocenters. The second-order valence-corrected chi connectivity index (χ2v) is 4.57. The summed E-state index contributed by atoms with van der Waals surface area (Å²) in [5.74, 6) is 0.853. The van der Waals surface area contributed by atoms with Crippen LogP contribution in [0.2, 0.25) is 0 Å². The molecule has 14 heavy (non-hydrogen) atoms. The molecule has 2 atom stereocenters. The van der Waals surface area contributed by atoms with Gasteiger partial charge < -0.3 is 5.11 Å². The Kier molecular flexibility index (Phi) is 2.60. The van der Waals surface area contributed by atoms with Crippen LogP contribution in [0.4, 0.5) is 0 Å². The van der Waals surface area contributed by atoms with E-state index in [-0.39, 0.29) is 6.10 Å². The molecule has 0 aliphatic heterocycles. The van der Waals surface area contributed by atoms with Crippen molar-refractivity contribution in [1.29, 1.82) is 0 Å². The van der Waals surface area contributed by atoms with Crippen LogP contribution in [0.5, 0.6) is 0 Å². The van der Waals surface area contributed by atoms with Gasteiger partial charge in [0.1, 0.15) is 0 Å². The summed E-state index contributed by atoms with van der Waals surface area (Å²) in [6, 6.07) is 8.53. The van der Waals surface area contributed by atoms with Crippen molar-refractivity contribution in [1.82, 2.24) is 0 Å². The van der Waals surface area contributed by atoms with Crippen LogP contribution >= 0.6 is 0 Å². The smallest absolute Gasteiger partial charge is 0.0614 e. The van der Waals surface area contributed by atoms with E-state index in [4.69, 9.17) is 0 Å². The zero-order valence-electron chi connectivity index (χ0n) is 8.90. The average molecular weight is 190 g/mol. The molecule has 2 rings (SSSR count). The molecule has 1 N–H and O–H groups in total. The first kappa shape index (κ1) is 9.72. The van der Waals surface area contributed by atoms with Gasteiger partial charge in [-0.15, -0.1) is 0 Å². The predicted molar refractivity (Wildman–Crippen MR) is 58.3 cm³/mol. The molecule has 1 aliphatic rings. The summed E-state index contributed by atoms with van der Waals surface area (Å²) in [6.45, 7) is 4.38. The molecular formula is C13H18O. The van der Waals surface area contributed by atoms with Crippen LogP contribution in [0.1, 0.15) is 37.3 Å². The fourth-order valence-corrected chi connectivity index (χ4v) is 2.58. The molecule has 0 aromatic heterocycles. The predicted octanol–water partition coefficient (Wildman–Crippen LogP) is 2.73. The highest BCUT2D eigenvalue weighted by Gasteiger charge is 2.29. The Labute approximate surface area is 85.8 Å². The highest BCUT2D eigenvalue weighted by atomic mass is 16.3. The largest absolute Gasteiger partial charge is 0.392 e. The lowest BCUT2D eigenvalue weighted by Gasteiger charge is -2.33. The Morgan fingerprint density at radius 1 is 1.29 bits per heavy atom. The molecule has 0 spiro atoms. The molecule has 0 saturated heterocycles. The van der Waals surface area contributed by atoms with E-state index >= 15 is 0 Å². The van der Waals surface area contributed by atoms with E-state index in [1.807, 2.05) is 0 Å². The van der Waals surface area contributed by atoms with Crippen LogP contribution < -0.4 is 0 Å². The number of hydrogen-bond acceptors (Lipinski definition) is 1. The van der Waals surface area contributed by atoms with Crippen LogP contribution in [-0.2, 0) is 6.42 Å². The van der Waals surface area contributed by atoms with E-state index in [0.29, 0.717) is 11.8 Å². The molecule has 0 saturated carbocycles. The Bertz CT molecular complexity index is 317. The molecule has 1 nitrogen and oxygen atoms in total. The van der Waals surface area contributed by atoms with Gasteiger partial charge in [-0.05, 0) is 29.9 Å². The van der Waals surface area contributed by atoms with Gasteiger partial charge in [-0.3, -0.25) is 0 Å². The fourth-order valence-electron chi connectivity index (χ4n) is 2.58. The van der Waals surface area contributed by atoms with Crippen molar-refractivity contribution >= 4 is 0 Å². The molecule has 1 aliphatic carbocycles. The second kappa shape index (κ2) is 3.74. The molecule has 1 aromatic rings. The second-order valence-electron chi connectivity index (χ2n) is 4.57. The molecule has 0 fully saturated rings. The van der Waals surface area contributed by atoms with Crippen LogP contribution in [0.15, 0.2) is 24.3 Å². The van der Waals surface area contributed by atoms with Gasteiger partial charge in [0, 0.05) is 5.92 Å². The quantitative estimate of drug-likeness (QED) is 0.722. The van der Waals surface area contributed by atoms with Crippen molar-refractivity contribution in [3.8, 4) is 0 Å². The van der Waals surface area contributed by atoms with Crippen LogP contribution in [-0.4, -0.2) is 11.2 Å². The number of rotatable bonds is 1. The molecule has 0 bridgehead atoms. The van der Waals surface area contributed by atoms with Crippen LogP contribution in [0.25, 0.3) is 0 Å². The summed E-state index contributed by atoms with van der Waals surface area (Å²) in [7, 11) is 0. The van der Waals surface area contributed by atoms with Gasteiger partial charge >= 0.3 is 0 Å². The van der Waals surface area contributed by atoms with Gasteiger partial charge in [-0.2, -0.15) is 0 Å². The molecular weight excluding hydrogens is 172 g/mol. The molecule has 0 radical (unpaired) electrons. The maximum atomic E-state index is 9.99. The Morgan fingerprint density at radius 2 is 2.00 bits per heavy atom. The minimum atomic E-state index is -0.148. The molecule has 0 amide bonds. The topological polar surface area (TPSA) is 20.2 Å². The average Bonchev–Trinajstić information content (AvgIpc) is 2.17. The van der Waals surface area contributed by atoms with Crippen LogP contribution in [0, 0.1) is 5.92 Å². The number of fused-ring (bicyclic) bond motifs is 1. The summed E-state index contributed by atoms with van der Waals surface area (Å²) >= 11 is 0. The van der Waals surface area contributed by atoms with E-state index in [1.165, 1.54) is 11.1 Å². The van der Waals surface area contributed by atoms with E-state index < -0.39 is 0 Å². The van der Waals surface area contributed by atoms with Crippen molar-refractivity contribution < 1.29 is 5.11 Å². The number of aryl methyl sites for hydroxylation is 1. The zero-order valence-corrected chi connectivity index (χ0v) is 8.90. The summed E-state index contributed by atoms with van der Waals surface area (Å²) < 4.78 is 0. The number of aliphatic hydroxyl groups is 1. The lowest BCUT2D eigenvalue weighted by molar-refractivity contribution is 0.106. The first-order chi connectivity index (χ1) is 6.70. The van der Waals surface area contributed by atoms with Gasteiger partial charge in [0.05, 0.1) is 6.10 Å². The van der Waals surface area contributed by atoms with E-state index in [0.717, 1.165) is 12.8 Å². The fraction of sp³-hybridized carbons (Fsp3) is 0.538. The number of aliphatic hydroxyl groups excluding tert-OH is 1. The highest BCUT2D eigenvalue weighted by molar-refractivity contribution is 5.34. The highest BCUT2D eigenvalue weighted by Crippen LogP contribution is 2.36. The van der Waals surface area contributed by atoms with Gasteiger partial charge in [0.2, 0.25) is 0 Å². The van der Waals surface area contributed by atoms with Gasteiger partial charge in [0.25, 0.3) is 0 Å². The summed E-state index contributed by atoms with van der Waals surface area (Å²) in [6.07, 6.45) is 1.80. The molecule has 0 heterocycles. The van der Waals surface area contributed by atoms with Gasteiger partial charge in [-0.25, -0.2) is 0 Å². The first-order valence-corrected chi connectivity index (χ1v) is 5.46. The SMILES string of the molecule is CC(C)[C@H]1c2ccccc2CC[C@@H]1O. The normalized spacial score (nSPS) is 26.3. The van der Waals surface area contributed by atoms with Crippen molar-refractivity contribution in [2.75, 3.05) is 0 Å². The van der Waals surface area contributed by atoms with Gasteiger partial charge in [-0.1, -0.05) is 38.1 Å². The summed E-state index contributed by atoms with van der Waals surface area (Å²) in [4.78, 5) is 0. The van der Waals surface area contributed by atoms with Crippen molar-refractivity contribution in [2.45, 2.75) is 38.7 Å². The van der Waals surface area contributed by atoms with Crippen molar-refractivity contribution in [3.05, 3.63) is 35.4 Å². The standard InChI is InChI=1S/C13H18O/c1-9(2)13-11-6-4-3-5-10(11)7-8-12(13)14/h3-6,9,12-14H,7-8H2,1-2H3/t12-,13-/m0/s1. The van der Waals surface area contributed by atoms with Crippen LogP contribution in [0.3, 0.4) is 0 Å². The summed E-state index contributed by atoms with van der Waals surface area (Å²) in [5.41, 5.74) is 2.79. The van der Waals surface area contributed by atoms with Crippen molar-refractivity contribution in [3.63, 3.8) is 0 Å². The lowest BCUT2D eigenvalue weighted by atomic mass is 9.75. The molecule has 76 valence electrons. The van der Waals surface area contributed by atoms with Crippen molar-refractivity contribution in [2.24, 2.45) is 5.92 Å². The third kappa shape index (κ3) is 1.57. The molecule has 1 aromatic carbocycles. The Hall–Kier alpha value is -0.820. The minimum Gasteiger partial charge on any atom is -0.392 e. The monoisotopic (exact) mass is 190 g/mol. The molecule has 1 heteroatoms. The third-order valence-corrected chi connectivity index (χ3v) is 3.26. The zero-order chi connectivity index (χ0) is 10.1. The van der Waals surface area contributed by atoms with Gasteiger partial charge in [0.15, 0.2) is 0 Å².